The molecule has 43 heavy (non-hydrogen) atoms. The molecule has 1 aromatic carbocycles. The number of carboxylic acid groups (broad SMARTS) is 1. The van der Waals surface area contributed by atoms with E-state index in [0.29, 0.717) is 12.1 Å². The van der Waals surface area contributed by atoms with Gasteiger partial charge in [0.1, 0.15) is 18.1 Å². The van der Waals surface area contributed by atoms with E-state index in [9.17, 15) is 41.4 Å². The van der Waals surface area contributed by atoms with Crippen molar-refractivity contribution in [3.8, 4) is 11.6 Å². The van der Waals surface area contributed by atoms with Crippen molar-refractivity contribution in [2.24, 2.45) is 5.73 Å². The largest absolute Gasteiger partial charge is 0.488 e. The number of hydrogen-bond acceptors (Lipinski definition) is 8. The van der Waals surface area contributed by atoms with Crippen molar-refractivity contribution in [1.82, 2.24) is 15.0 Å². The normalized spacial score (nSPS) is 18.7. The Kier molecular flexibility index (Phi) is 8.74. The number of fused-ring (bicyclic) bond motifs is 1. The first-order valence-corrected chi connectivity index (χ1v) is 12.9. The van der Waals surface area contributed by atoms with Crippen molar-refractivity contribution < 1.29 is 50.8 Å². The van der Waals surface area contributed by atoms with Gasteiger partial charge in [-0.05, 0) is 42.7 Å². The second-order valence-corrected chi connectivity index (χ2v) is 9.79. The number of amides is 1. The van der Waals surface area contributed by atoms with E-state index in [4.69, 9.17) is 15.2 Å². The predicted octanol–water partition coefficient (Wildman–Crippen LogP) is 4.96. The van der Waals surface area contributed by atoms with Gasteiger partial charge in [-0.1, -0.05) is 6.92 Å². The number of aliphatic hydroxyl groups excluding tert-OH is 1. The molecule has 0 radical (unpaired) electrons. The van der Waals surface area contributed by atoms with Crippen molar-refractivity contribution in [3.05, 3.63) is 70.4 Å². The van der Waals surface area contributed by atoms with E-state index in [2.05, 4.69) is 15.0 Å². The third kappa shape index (κ3) is 6.59. The zero-order chi connectivity index (χ0) is 31.7. The molecule has 4 rings (SSSR count). The fourth-order valence-corrected chi connectivity index (χ4v) is 4.91. The molecule has 3 heterocycles. The van der Waals surface area contributed by atoms with Crippen LogP contribution in [0.15, 0.2) is 36.5 Å². The molecule has 16 heteroatoms. The highest BCUT2D eigenvalue weighted by Crippen LogP contribution is 2.45. The first-order chi connectivity index (χ1) is 20.1. The summed E-state index contributed by atoms with van der Waals surface area (Å²) in [4.78, 5) is 26.4. The van der Waals surface area contributed by atoms with Crippen LogP contribution in [0.3, 0.4) is 0 Å². The number of nitrogens with zero attached hydrogens (tertiary/aromatic N) is 4. The van der Waals surface area contributed by atoms with Crippen LogP contribution < -0.4 is 20.1 Å². The minimum absolute atomic E-state index is 0.0182. The summed E-state index contributed by atoms with van der Waals surface area (Å²) in [6, 6.07) is 4.09. The summed E-state index contributed by atoms with van der Waals surface area (Å²) >= 11 is 0. The number of rotatable bonds is 8. The number of methoxy groups -OCH3 is 1. The van der Waals surface area contributed by atoms with E-state index < -0.39 is 54.2 Å². The monoisotopic (exact) mass is 615 g/mol. The Morgan fingerprint density at radius 3 is 2.30 bits per heavy atom. The maximum Gasteiger partial charge on any atom is 0.416 e. The smallest absolute Gasteiger partial charge is 0.416 e. The van der Waals surface area contributed by atoms with E-state index in [1.807, 2.05) is 0 Å². The highest BCUT2D eigenvalue weighted by atomic mass is 19.4. The Bertz CT molecular complexity index is 1470. The fraction of sp³-hybridized carbons (Fsp3) is 0.407. The van der Waals surface area contributed by atoms with Gasteiger partial charge in [-0.2, -0.15) is 26.3 Å². The molecule has 232 valence electrons. The van der Waals surface area contributed by atoms with Crippen molar-refractivity contribution in [3.63, 3.8) is 0 Å². The lowest BCUT2D eigenvalue weighted by Gasteiger charge is -2.45. The zero-order valence-corrected chi connectivity index (χ0v) is 22.8. The molecular formula is C27H27F6N5O5. The number of ether oxygens (including phenoxy) is 2. The van der Waals surface area contributed by atoms with Crippen LogP contribution in [0, 0.1) is 0 Å². The molecule has 10 nitrogen and oxygen atoms in total. The van der Waals surface area contributed by atoms with Gasteiger partial charge in [0, 0.05) is 12.5 Å². The Hall–Kier alpha value is -4.18. The SMILES string of the molecule is CC[C@]1(N)C[C@H](c2ncc(OCCO)c(Cc3cc(C(F)(F)F)cc(C(F)(F)F)c3)n2)c2nc(OC)ccc2N1C(=O)O. The zero-order valence-electron chi connectivity index (χ0n) is 22.8. The predicted molar refractivity (Wildman–Crippen MR) is 139 cm³/mol. The molecule has 0 saturated carbocycles. The number of halogens is 6. The summed E-state index contributed by atoms with van der Waals surface area (Å²) in [6.45, 7) is 0.977. The summed E-state index contributed by atoms with van der Waals surface area (Å²) in [6.07, 6.45) is -10.7. The van der Waals surface area contributed by atoms with Crippen LogP contribution >= 0.6 is 0 Å². The topological polar surface area (TPSA) is 144 Å². The summed E-state index contributed by atoms with van der Waals surface area (Å²) in [5.74, 6) is -0.782. The molecule has 1 aliphatic heterocycles. The molecule has 0 saturated heterocycles. The van der Waals surface area contributed by atoms with E-state index in [-0.39, 0.29) is 65.6 Å². The highest BCUT2D eigenvalue weighted by Gasteiger charge is 2.47. The van der Waals surface area contributed by atoms with Crippen LogP contribution in [0.2, 0.25) is 0 Å². The maximum absolute atomic E-state index is 13.5. The Morgan fingerprint density at radius 2 is 1.77 bits per heavy atom. The van der Waals surface area contributed by atoms with Crippen molar-refractivity contribution in [1.29, 1.82) is 0 Å². The van der Waals surface area contributed by atoms with Crippen molar-refractivity contribution in [2.75, 3.05) is 25.2 Å². The summed E-state index contributed by atoms with van der Waals surface area (Å²) in [7, 11) is 1.35. The number of pyridine rings is 1. The number of hydrogen-bond donors (Lipinski definition) is 3. The quantitative estimate of drug-likeness (QED) is 0.300. The third-order valence-corrected chi connectivity index (χ3v) is 6.99. The number of alkyl halides is 6. The van der Waals surface area contributed by atoms with E-state index >= 15 is 0 Å². The van der Waals surface area contributed by atoms with Gasteiger partial charge in [-0.3, -0.25) is 4.90 Å². The number of nitrogens with two attached hydrogens (primary N) is 1. The number of aromatic nitrogens is 3. The molecule has 4 N–H and O–H groups in total. The maximum atomic E-state index is 13.5. The van der Waals surface area contributed by atoms with Gasteiger partial charge in [-0.25, -0.2) is 19.7 Å². The molecule has 2 aromatic heterocycles. The lowest BCUT2D eigenvalue weighted by Crippen LogP contribution is -2.61. The van der Waals surface area contributed by atoms with Crippen LogP contribution in [0.25, 0.3) is 0 Å². The van der Waals surface area contributed by atoms with Gasteiger partial charge in [0.25, 0.3) is 0 Å². The molecule has 0 bridgehead atoms. The molecule has 0 unspecified atom stereocenters. The summed E-state index contributed by atoms with van der Waals surface area (Å²) < 4.78 is 91.7. The molecule has 3 aromatic rings. The van der Waals surface area contributed by atoms with Crippen LogP contribution in [-0.4, -0.2) is 57.2 Å². The van der Waals surface area contributed by atoms with Gasteiger partial charge in [0.2, 0.25) is 5.88 Å². The van der Waals surface area contributed by atoms with Crippen LogP contribution in [0.1, 0.15) is 59.6 Å². The standard InChI is InChI=1S/C27H27F6N5O5/c1-3-25(34)12-17(22-19(38(25)24(40)41)4-5-21(37-22)42-2)23-35-13-20(43-7-6-39)18(36-23)10-14-8-15(26(28,29)30)11-16(9-14)27(31,32)33/h4-5,8-9,11,13,17,39H,3,6-7,10,12,34H2,1-2H3,(H,40,41)/t17-,25+/m0/s1. The van der Waals surface area contributed by atoms with E-state index in [1.54, 1.807) is 6.92 Å². The number of aliphatic hydroxyl groups is 1. The molecule has 1 aliphatic rings. The average molecular weight is 616 g/mol. The minimum atomic E-state index is -5.06. The second kappa shape index (κ2) is 11.8. The lowest BCUT2D eigenvalue weighted by atomic mass is 9.83. The number of carbonyl (C=O) groups is 1. The Balaban J connectivity index is 1.88. The van der Waals surface area contributed by atoms with Crippen LogP contribution in [0.4, 0.5) is 36.8 Å². The molecular weight excluding hydrogens is 588 g/mol. The second-order valence-electron chi connectivity index (χ2n) is 9.79. The fourth-order valence-electron chi connectivity index (χ4n) is 4.91. The van der Waals surface area contributed by atoms with Gasteiger partial charge in [-0.15, -0.1) is 0 Å². The van der Waals surface area contributed by atoms with Crippen molar-refractivity contribution in [2.45, 2.75) is 50.1 Å². The molecule has 0 spiro atoms. The summed E-state index contributed by atoms with van der Waals surface area (Å²) in [5.41, 5.74) is 2.00. The average Bonchev–Trinajstić information content (AvgIpc) is 2.94. The Labute approximate surface area is 241 Å². The van der Waals surface area contributed by atoms with E-state index in [0.717, 1.165) is 4.90 Å². The molecule has 2 atom stereocenters. The summed E-state index contributed by atoms with van der Waals surface area (Å²) in [5, 5.41) is 19.2. The third-order valence-electron chi connectivity index (χ3n) is 6.99. The molecule has 0 aliphatic carbocycles. The number of benzene rings is 1. The first kappa shape index (κ1) is 31.7. The number of anilines is 1. The van der Waals surface area contributed by atoms with Gasteiger partial charge in [0.05, 0.1) is 54.0 Å². The van der Waals surface area contributed by atoms with Gasteiger partial charge in [0.15, 0.2) is 5.75 Å². The Morgan fingerprint density at radius 1 is 1.12 bits per heavy atom. The van der Waals surface area contributed by atoms with Crippen molar-refractivity contribution >= 4 is 11.8 Å². The van der Waals surface area contributed by atoms with Crippen LogP contribution in [0.5, 0.6) is 11.6 Å². The highest BCUT2D eigenvalue weighted by molar-refractivity contribution is 5.89. The lowest BCUT2D eigenvalue weighted by molar-refractivity contribution is -0.143. The van der Waals surface area contributed by atoms with Gasteiger partial charge >= 0.3 is 18.4 Å². The minimum Gasteiger partial charge on any atom is -0.488 e. The molecule has 0 fully saturated rings. The molecule has 1 amide bonds. The first-order valence-electron chi connectivity index (χ1n) is 12.9. The van der Waals surface area contributed by atoms with Crippen LogP contribution in [-0.2, 0) is 18.8 Å². The van der Waals surface area contributed by atoms with Gasteiger partial charge < -0.3 is 25.4 Å². The van der Waals surface area contributed by atoms with E-state index in [1.165, 1.54) is 25.4 Å².